The van der Waals surface area contributed by atoms with Gasteiger partial charge in [-0.25, -0.2) is 4.98 Å². The third-order valence-corrected chi connectivity index (χ3v) is 3.14. The molecule has 1 aromatic carbocycles. The molecule has 0 fully saturated rings. The predicted molar refractivity (Wildman–Crippen MR) is 74.5 cm³/mol. The van der Waals surface area contributed by atoms with Crippen LogP contribution in [0.2, 0.25) is 0 Å². The van der Waals surface area contributed by atoms with E-state index in [1.807, 2.05) is 6.20 Å². The number of benzene rings is 1. The highest BCUT2D eigenvalue weighted by atomic mass is 14.9. The van der Waals surface area contributed by atoms with Gasteiger partial charge in [-0.1, -0.05) is 29.8 Å². The molecule has 0 radical (unpaired) electrons. The Bertz CT molecular complexity index is 462. The van der Waals surface area contributed by atoms with E-state index >= 15 is 0 Å². The van der Waals surface area contributed by atoms with Crippen molar-refractivity contribution in [2.45, 2.75) is 32.7 Å². The molecule has 0 amide bonds. The fourth-order valence-corrected chi connectivity index (χ4v) is 2.07. The van der Waals surface area contributed by atoms with Crippen LogP contribution in [0.3, 0.4) is 0 Å². The number of aryl methyl sites for hydroxylation is 2. The maximum absolute atomic E-state index is 4.22. The van der Waals surface area contributed by atoms with Gasteiger partial charge in [0.05, 0.1) is 0 Å². The minimum absolute atomic E-state index is 0.404. The van der Waals surface area contributed by atoms with Crippen LogP contribution in [-0.4, -0.2) is 16.5 Å². The number of H-pyrrole nitrogens is 1. The zero-order valence-electron chi connectivity index (χ0n) is 11.1. The minimum Gasteiger partial charge on any atom is -0.349 e. The number of imidazole rings is 1. The second kappa shape index (κ2) is 6.36. The number of nitrogens with one attached hydrogen (secondary N) is 2. The van der Waals surface area contributed by atoms with E-state index in [-0.39, 0.29) is 0 Å². The number of hydrogen-bond donors (Lipinski definition) is 2. The third kappa shape index (κ3) is 3.70. The molecule has 0 saturated carbocycles. The Kier molecular flexibility index (Phi) is 4.53. The average molecular weight is 243 g/mol. The van der Waals surface area contributed by atoms with Crippen LogP contribution in [-0.2, 0) is 6.42 Å². The van der Waals surface area contributed by atoms with Crippen LogP contribution in [0, 0.1) is 6.92 Å². The van der Waals surface area contributed by atoms with Crippen molar-refractivity contribution in [3.63, 3.8) is 0 Å². The van der Waals surface area contributed by atoms with Gasteiger partial charge in [-0.3, -0.25) is 0 Å². The van der Waals surface area contributed by atoms with Gasteiger partial charge in [0.25, 0.3) is 0 Å². The Morgan fingerprint density at radius 2 is 2.28 bits per heavy atom. The number of aromatic nitrogens is 2. The van der Waals surface area contributed by atoms with Crippen molar-refractivity contribution in [1.29, 1.82) is 0 Å². The Hall–Kier alpha value is -1.61. The van der Waals surface area contributed by atoms with Gasteiger partial charge in [0.15, 0.2) is 0 Å². The average Bonchev–Trinajstić information content (AvgIpc) is 2.87. The fourth-order valence-electron chi connectivity index (χ4n) is 2.07. The molecule has 2 aromatic rings. The molecule has 0 bridgehead atoms. The molecule has 0 spiro atoms. The molecule has 2 rings (SSSR count). The third-order valence-electron chi connectivity index (χ3n) is 3.14. The predicted octanol–water partition coefficient (Wildman–Crippen LogP) is 3.00. The zero-order valence-corrected chi connectivity index (χ0v) is 11.1. The number of aromatic amines is 1. The summed E-state index contributed by atoms with van der Waals surface area (Å²) in [7, 11) is 0. The lowest BCUT2D eigenvalue weighted by Gasteiger charge is -2.14. The maximum Gasteiger partial charge on any atom is 0.106 e. The summed E-state index contributed by atoms with van der Waals surface area (Å²) in [5, 5.41) is 3.55. The molecule has 0 aliphatic carbocycles. The number of hydrogen-bond acceptors (Lipinski definition) is 2. The summed E-state index contributed by atoms with van der Waals surface area (Å²) in [4.78, 5) is 7.34. The highest BCUT2D eigenvalue weighted by molar-refractivity contribution is 5.24. The maximum atomic E-state index is 4.22. The van der Waals surface area contributed by atoms with Crippen LogP contribution in [0.1, 0.15) is 36.3 Å². The van der Waals surface area contributed by atoms with E-state index in [2.05, 4.69) is 53.4 Å². The molecule has 0 aliphatic rings. The van der Waals surface area contributed by atoms with E-state index < -0.39 is 0 Å². The first-order valence-electron chi connectivity index (χ1n) is 6.54. The molecule has 1 atom stereocenters. The van der Waals surface area contributed by atoms with Gasteiger partial charge in [-0.15, -0.1) is 0 Å². The Morgan fingerprint density at radius 1 is 1.39 bits per heavy atom. The van der Waals surface area contributed by atoms with Crippen molar-refractivity contribution in [2.24, 2.45) is 0 Å². The van der Waals surface area contributed by atoms with E-state index in [1.165, 1.54) is 11.1 Å². The second-order valence-corrected chi connectivity index (χ2v) is 4.73. The summed E-state index contributed by atoms with van der Waals surface area (Å²) in [6.45, 7) is 5.35. The Labute approximate surface area is 109 Å². The lowest BCUT2D eigenvalue weighted by molar-refractivity contribution is 0.555. The monoisotopic (exact) mass is 243 g/mol. The zero-order chi connectivity index (χ0) is 12.8. The lowest BCUT2D eigenvalue weighted by atomic mass is 10.1. The summed E-state index contributed by atoms with van der Waals surface area (Å²) in [5.41, 5.74) is 2.67. The smallest absolute Gasteiger partial charge is 0.106 e. The largest absolute Gasteiger partial charge is 0.349 e. The van der Waals surface area contributed by atoms with Crippen molar-refractivity contribution < 1.29 is 0 Å². The molecule has 18 heavy (non-hydrogen) atoms. The summed E-state index contributed by atoms with van der Waals surface area (Å²) in [5.74, 6) is 1.07. The lowest BCUT2D eigenvalue weighted by Crippen LogP contribution is -2.20. The highest BCUT2D eigenvalue weighted by Gasteiger charge is 2.04. The van der Waals surface area contributed by atoms with Crippen molar-refractivity contribution in [1.82, 2.24) is 15.3 Å². The molecule has 1 unspecified atom stereocenters. The van der Waals surface area contributed by atoms with E-state index in [0.29, 0.717) is 6.04 Å². The minimum atomic E-state index is 0.404. The highest BCUT2D eigenvalue weighted by Crippen LogP contribution is 2.13. The van der Waals surface area contributed by atoms with Crippen LogP contribution >= 0.6 is 0 Å². The summed E-state index contributed by atoms with van der Waals surface area (Å²) in [6.07, 6.45) is 5.78. The SMILES string of the molecule is Cc1cccc(C(C)NCCCc2ncc[nH]2)c1. The number of nitrogens with zero attached hydrogens (tertiary/aromatic N) is 1. The van der Waals surface area contributed by atoms with Gasteiger partial charge in [0, 0.05) is 24.9 Å². The molecule has 96 valence electrons. The molecule has 3 heteroatoms. The Balaban J connectivity index is 1.73. The standard InChI is InChI=1S/C15H21N3/c1-12-5-3-6-14(11-12)13(2)16-8-4-7-15-17-9-10-18-15/h3,5-6,9-11,13,16H,4,7-8H2,1-2H3,(H,17,18). The van der Waals surface area contributed by atoms with Gasteiger partial charge in [0.1, 0.15) is 5.82 Å². The van der Waals surface area contributed by atoms with Crippen LogP contribution in [0.4, 0.5) is 0 Å². The molecule has 2 N–H and O–H groups in total. The molecule has 1 aromatic heterocycles. The number of rotatable bonds is 6. The molecular weight excluding hydrogens is 222 g/mol. The van der Waals surface area contributed by atoms with E-state index in [1.54, 1.807) is 6.20 Å². The quantitative estimate of drug-likeness (QED) is 0.766. The van der Waals surface area contributed by atoms with Gasteiger partial charge in [-0.05, 0) is 32.4 Å². The first-order chi connectivity index (χ1) is 8.75. The molecule has 3 nitrogen and oxygen atoms in total. The normalized spacial score (nSPS) is 12.6. The second-order valence-electron chi connectivity index (χ2n) is 4.73. The van der Waals surface area contributed by atoms with Crippen molar-refractivity contribution >= 4 is 0 Å². The summed E-state index contributed by atoms with van der Waals surface area (Å²) < 4.78 is 0. The van der Waals surface area contributed by atoms with Crippen LogP contribution in [0.5, 0.6) is 0 Å². The van der Waals surface area contributed by atoms with Crippen molar-refractivity contribution in [2.75, 3.05) is 6.54 Å². The van der Waals surface area contributed by atoms with Crippen LogP contribution in [0.25, 0.3) is 0 Å². The van der Waals surface area contributed by atoms with Gasteiger partial charge < -0.3 is 10.3 Å². The molecule has 0 aliphatic heterocycles. The van der Waals surface area contributed by atoms with E-state index in [4.69, 9.17) is 0 Å². The van der Waals surface area contributed by atoms with Crippen LogP contribution < -0.4 is 5.32 Å². The molecular formula is C15H21N3. The summed E-state index contributed by atoms with van der Waals surface area (Å²) >= 11 is 0. The van der Waals surface area contributed by atoms with Crippen LogP contribution in [0.15, 0.2) is 36.7 Å². The summed E-state index contributed by atoms with van der Waals surface area (Å²) in [6, 6.07) is 9.07. The Morgan fingerprint density at radius 3 is 3.00 bits per heavy atom. The van der Waals surface area contributed by atoms with Gasteiger partial charge in [-0.2, -0.15) is 0 Å². The van der Waals surface area contributed by atoms with Gasteiger partial charge in [0.2, 0.25) is 0 Å². The fraction of sp³-hybridized carbons (Fsp3) is 0.400. The molecule has 1 heterocycles. The first-order valence-corrected chi connectivity index (χ1v) is 6.54. The van der Waals surface area contributed by atoms with E-state index in [9.17, 15) is 0 Å². The topological polar surface area (TPSA) is 40.7 Å². The van der Waals surface area contributed by atoms with E-state index in [0.717, 1.165) is 25.2 Å². The van der Waals surface area contributed by atoms with Crippen molar-refractivity contribution in [3.05, 3.63) is 53.6 Å². The van der Waals surface area contributed by atoms with Crippen molar-refractivity contribution in [3.8, 4) is 0 Å². The molecule has 0 saturated heterocycles. The first kappa shape index (κ1) is 12.8. The van der Waals surface area contributed by atoms with Gasteiger partial charge >= 0.3 is 0 Å².